The molecule has 2 aromatic rings. The fourth-order valence-corrected chi connectivity index (χ4v) is 4.50. The fraction of sp³-hybridized carbons (Fsp3) is 0.375. The molecule has 0 saturated carbocycles. The first-order valence-electron chi connectivity index (χ1n) is 6.93. The number of thiophene rings is 1. The van der Waals surface area contributed by atoms with Crippen LogP contribution >= 0.6 is 23.1 Å². The van der Waals surface area contributed by atoms with Crippen molar-refractivity contribution in [1.82, 2.24) is 5.32 Å². The molecule has 0 amide bonds. The molecule has 0 bridgehead atoms. The zero-order valence-electron chi connectivity index (χ0n) is 11.3. The molecule has 1 N–H and O–H groups in total. The number of nitrogens with one attached hydrogen (secondary N) is 1. The average molecular weight is 307 g/mol. The Kier molecular flexibility index (Phi) is 4.76. The van der Waals surface area contributed by atoms with Gasteiger partial charge in [0.2, 0.25) is 0 Å². The Morgan fingerprint density at radius 1 is 1.30 bits per heavy atom. The standard InChI is InChI=1S/C16H18FNS2/c17-15-4-3-12(8-14(15)16-2-1-6-20-16)9-18-10-13-5-7-19-11-13/h1-4,6,8,13,18H,5,7,9-11H2. The summed E-state index contributed by atoms with van der Waals surface area (Å²) in [5, 5.41) is 5.49. The molecule has 1 fully saturated rings. The van der Waals surface area contributed by atoms with E-state index in [4.69, 9.17) is 0 Å². The van der Waals surface area contributed by atoms with Crippen LogP contribution in [0.25, 0.3) is 10.4 Å². The second-order valence-corrected chi connectivity index (χ2v) is 7.25. The van der Waals surface area contributed by atoms with Gasteiger partial charge in [-0.15, -0.1) is 11.3 Å². The number of benzene rings is 1. The van der Waals surface area contributed by atoms with Gasteiger partial charge in [0.15, 0.2) is 0 Å². The summed E-state index contributed by atoms with van der Waals surface area (Å²) in [6.07, 6.45) is 1.32. The van der Waals surface area contributed by atoms with Gasteiger partial charge in [0.1, 0.15) is 5.82 Å². The summed E-state index contributed by atoms with van der Waals surface area (Å²) in [5.41, 5.74) is 1.87. The first kappa shape index (κ1) is 14.1. The lowest BCUT2D eigenvalue weighted by Crippen LogP contribution is -2.22. The van der Waals surface area contributed by atoms with Gasteiger partial charge in [-0.1, -0.05) is 12.1 Å². The zero-order chi connectivity index (χ0) is 13.8. The highest BCUT2D eigenvalue weighted by Gasteiger charge is 2.14. The first-order chi connectivity index (χ1) is 9.83. The van der Waals surface area contributed by atoms with E-state index in [1.807, 2.05) is 41.4 Å². The van der Waals surface area contributed by atoms with Crippen LogP contribution in [0.4, 0.5) is 4.39 Å². The third kappa shape index (κ3) is 3.43. The molecule has 1 aromatic heterocycles. The van der Waals surface area contributed by atoms with Crippen molar-refractivity contribution < 1.29 is 4.39 Å². The summed E-state index contributed by atoms with van der Waals surface area (Å²) >= 11 is 3.62. The van der Waals surface area contributed by atoms with Gasteiger partial charge >= 0.3 is 0 Å². The average Bonchev–Trinajstić information content (AvgIpc) is 3.13. The molecular formula is C16H18FNS2. The number of hydrogen-bond acceptors (Lipinski definition) is 3. The summed E-state index contributed by atoms with van der Waals surface area (Å²) in [6.45, 7) is 1.89. The number of thioether (sulfide) groups is 1. The lowest BCUT2D eigenvalue weighted by Gasteiger charge is -2.11. The van der Waals surface area contributed by atoms with Gasteiger partial charge in [-0.3, -0.25) is 0 Å². The Morgan fingerprint density at radius 3 is 3.00 bits per heavy atom. The van der Waals surface area contributed by atoms with Gasteiger partial charge in [-0.25, -0.2) is 4.39 Å². The molecule has 2 heterocycles. The SMILES string of the molecule is Fc1ccc(CNCC2CCSC2)cc1-c1cccs1. The van der Waals surface area contributed by atoms with Crippen LogP contribution in [-0.4, -0.2) is 18.1 Å². The van der Waals surface area contributed by atoms with Crippen molar-refractivity contribution >= 4 is 23.1 Å². The lowest BCUT2D eigenvalue weighted by molar-refractivity contribution is 0.523. The Bertz CT molecular complexity index is 548. The topological polar surface area (TPSA) is 12.0 Å². The Balaban J connectivity index is 1.63. The Morgan fingerprint density at radius 2 is 2.25 bits per heavy atom. The highest BCUT2D eigenvalue weighted by atomic mass is 32.2. The Hall–Kier alpha value is -0.840. The number of rotatable bonds is 5. The monoisotopic (exact) mass is 307 g/mol. The molecule has 20 heavy (non-hydrogen) atoms. The van der Waals surface area contributed by atoms with Gasteiger partial charge in [-0.05, 0) is 59.5 Å². The molecule has 106 valence electrons. The van der Waals surface area contributed by atoms with Crippen molar-refractivity contribution in [2.24, 2.45) is 5.92 Å². The molecule has 0 spiro atoms. The normalized spacial score (nSPS) is 18.6. The van der Waals surface area contributed by atoms with Crippen LogP contribution in [0.3, 0.4) is 0 Å². The predicted molar refractivity (Wildman–Crippen MR) is 86.9 cm³/mol. The fourth-order valence-electron chi connectivity index (χ4n) is 2.47. The maximum atomic E-state index is 13.9. The smallest absolute Gasteiger partial charge is 0.131 e. The Labute approximate surface area is 127 Å². The molecule has 1 atom stereocenters. The van der Waals surface area contributed by atoms with E-state index in [0.29, 0.717) is 0 Å². The minimum absolute atomic E-state index is 0.136. The van der Waals surface area contributed by atoms with Gasteiger partial charge in [-0.2, -0.15) is 11.8 Å². The van der Waals surface area contributed by atoms with E-state index in [1.165, 1.54) is 17.9 Å². The van der Waals surface area contributed by atoms with E-state index in [9.17, 15) is 4.39 Å². The molecule has 0 aliphatic carbocycles. The maximum Gasteiger partial charge on any atom is 0.131 e. The van der Waals surface area contributed by atoms with Crippen LogP contribution in [0.15, 0.2) is 35.7 Å². The lowest BCUT2D eigenvalue weighted by atomic mass is 10.1. The van der Waals surface area contributed by atoms with E-state index in [2.05, 4.69) is 5.32 Å². The second kappa shape index (κ2) is 6.74. The third-order valence-corrected chi connectivity index (χ3v) is 5.74. The molecule has 1 aromatic carbocycles. The van der Waals surface area contributed by atoms with Crippen molar-refractivity contribution in [3.63, 3.8) is 0 Å². The van der Waals surface area contributed by atoms with Gasteiger partial charge in [0.25, 0.3) is 0 Å². The summed E-state index contributed by atoms with van der Waals surface area (Å²) in [7, 11) is 0. The molecule has 1 saturated heterocycles. The number of hydrogen-bond donors (Lipinski definition) is 1. The molecule has 0 radical (unpaired) electrons. The third-order valence-electron chi connectivity index (χ3n) is 3.60. The highest BCUT2D eigenvalue weighted by molar-refractivity contribution is 7.99. The molecule has 4 heteroatoms. The van der Waals surface area contributed by atoms with Gasteiger partial charge in [0.05, 0.1) is 0 Å². The van der Waals surface area contributed by atoms with E-state index >= 15 is 0 Å². The largest absolute Gasteiger partial charge is 0.312 e. The van der Waals surface area contributed by atoms with E-state index in [1.54, 1.807) is 17.4 Å². The van der Waals surface area contributed by atoms with Crippen LogP contribution in [-0.2, 0) is 6.54 Å². The van der Waals surface area contributed by atoms with Crippen molar-refractivity contribution in [3.05, 3.63) is 47.1 Å². The zero-order valence-corrected chi connectivity index (χ0v) is 12.9. The van der Waals surface area contributed by atoms with Crippen molar-refractivity contribution in [2.75, 3.05) is 18.1 Å². The predicted octanol–water partition coefficient (Wildman–Crippen LogP) is 4.40. The van der Waals surface area contributed by atoms with E-state index < -0.39 is 0 Å². The molecule has 3 rings (SSSR count). The van der Waals surface area contributed by atoms with Gasteiger partial charge < -0.3 is 5.32 Å². The molecule has 1 aliphatic heterocycles. The van der Waals surface area contributed by atoms with Crippen LogP contribution in [0.1, 0.15) is 12.0 Å². The summed E-state index contributed by atoms with van der Waals surface area (Å²) in [6, 6.07) is 9.36. The van der Waals surface area contributed by atoms with Crippen molar-refractivity contribution in [1.29, 1.82) is 0 Å². The maximum absolute atomic E-state index is 13.9. The van der Waals surface area contributed by atoms with Crippen LogP contribution in [0.2, 0.25) is 0 Å². The van der Waals surface area contributed by atoms with E-state index in [-0.39, 0.29) is 5.82 Å². The van der Waals surface area contributed by atoms with Crippen LogP contribution in [0.5, 0.6) is 0 Å². The summed E-state index contributed by atoms with van der Waals surface area (Å²) in [5.74, 6) is 3.24. The molecule has 1 nitrogen and oxygen atoms in total. The van der Waals surface area contributed by atoms with Crippen molar-refractivity contribution in [2.45, 2.75) is 13.0 Å². The second-order valence-electron chi connectivity index (χ2n) is 5.15. The van der Waals surface area contributed by atoms with Gasteiger partial charge in [0, 0.05) is 17.0 Å². The van der Waals surface area contributed by atoms with Crippen LogP contribution in [0, 0.1) is 11.7 Å². The summed E-state index contributed by atoms with van der Waals surface area (Å²) < 4.78 is 13.9. The minimum atomic E-state index is -0.136. The molecule has 1 aliphatic rings. The molecule has 1 unspecified atom stereocenters. The highest BCUT2D eigenvalue weighted by Crippen LogP contribution is 2.28. The summed E-state index contributed by atoms with van der Waals surface area (Å²) in [4.78, 5) is 0.997. The van der Waals surface area contributed by atoms with E-state index in [0.717, 1.165) is 35.0 Å². The first-order valence-corrected chi connectivity index (χ1v) is 8.97. The molecular weight excluding hydrogens is 289 g/mol. The minimum Gasteiger partial charge on any atom is -0.312 e. The van der Waals surface area contributed by atoms with Crippen LogP contribution < -0.4 is 5.32 Å². The number of halogens is 1. The quantitative estimate of drug-likeness (QED) is 0.879. The van der Waals surface area contributed by atoms with Crippen molar-refractivity contribution in [3.8, 4) is 10.4 Å².